The van der Waals surface area contributed by atoms with Crippen LogP contribution < -0.4 is 16.2 Å². The molecule has 0 aliphatic heterocycles. The fraction of sp³-hybridized carbons (Fsp3) is 0.0714. The zero-order valence-corrected chi connectivity index (χ0v) is 11.5. The lowest BCUT2D eigenvalue weighted by Crippen LogP contribution is -1.93. The Balaban J connectivity index is 2.00. The van der Waals surface area contributed by atoms with E-state index < -0.39 is 5.76 Å². The number of aromatic nitrogens is 1. The molecule has 0 aliphatic rings. The van der Waals surface area contributed by atoms with Crippen LogP contribution in [0.2, 0.25) is 0 Å². The smallest absolute Gasteiger partial charge is 0.417 e. The van der Waals surface area contributed by atoms with E-state index in [9.17, 15) is 4.79 Å². The number of nitrogens with two attached hydrogens (primary N) is 1. The zero-order chi connectivity index (χ0) is 14.1. The number of nitrogen functional groups attached to an aromatic ring is 1. The van der Waals surface area contributed by atoms with E-state index in [1.165, 1.54) is 11.8 Å². The van der Waals surface area contributed by atoms with E-state index in [-0.39, 0.29) is 0 Å². The molecule has 6 heteroatoms. The third kappa shape index (κ3) is 2.37. The zero-order valence-electron chi connectivity index (χ0n) is 10.7. The fourth-order valence-corrected chi connectivity index (χ4v) is 2.80. The average molecular weight is 288 g/mol. The lowest BCUT2D eigenvalue weighted by Gasteiger charge is -2.06. The summed E-state index contributed by atoms with van der Waals surface area (Å²) in [6.07, 6.45) is 0. The maximum absolute atomic E-state index is 11.2. The number of oxazole rings is 1. The average Bonchev–Trinajstić information content (AvgIpc) is 2.78. The van der Waals surface area contributed by atoms with Crippen molar-refractivity contribution in [2.24, 2.45) is 0 Å². The highest BCUT2D eigenvalue weighted by Crippen LogP contribution is 2.35. The molecular formula is C14H12N2O3S. The molecule has 0 saturated carbocycles. The Morgan fingerprint density at radius 1 is 1.30 bits per heavy atom. The van der Waals surface area contributed by atoms with Crippen LogP contribution in [0.15, 0.2) is 55.4 Å². The van der Waals surface area contributed by atoms with Gasteiger partial charge in [0.1, 0.15) is 5.75 Å². The minimum Gasteiger partial charge on any atom is -0.497 e. The van der Waals surface area contributed by atoms with Gasteiger partial charge in [-0.3, -0.25) is 4.98 Å². The third-order valence-electron chi connectivity index (χ3n) is 2.82. The van der Waals surface area contributed by atoms with Crippen LogP contribution in [-0.2, 0) is 0 Å². The molecule has 0 saturated heterocycles. The van der Waals surface area contributed by atoms with Crippen molar-refractivity contribution in [3.8, 4) is 5.75 Å². The van der Waals surface area contributed by atoms with Gasteiger partial charge in [-0.2, -0.15) is 0 Å². The molecule has 3 aromatic rings. The van der Waals surface area contributed by atoms with Gasteiger partial charge in [0.25, 0.3) is 0 Å². The molecule has 0 amide bonds. The fourth-order valence-electron chi connectivity index (χ4n) is 1.87. The molecule has 1 heterocycles. The number of ether oxygens (including phenoxy) is 1. The van der Waals surface area contributed by atoms with Crippen LogP contribution in [-0.4, -0.2) is 12.1 Å². The Bertz CT molecular complexity index is 823. The number of anilines is 1. The van der Waals surface area contributed by atoms with Crippen LogP contribution in [0, 0.1) is 0 Å². The largest absolute Gasteiger partial charge is 0.497 e. The standard InChI is InChI=1S/C14H12N2O3S/c1-18-8-3-2-4-9(5-8)20-13-7-11-12(6-10(13)15)19-14(17)16-11/h2-7H,15H2,1H3,(H,16,17). The Morgan fingerprint density at radius 3 is 2.95 bits per heavy atom. The molecular weight excluding hydrogens is 276 g/mol. The first-order valence-corrected chi connectivity index (χ1v) is 6.71. The molecule has 3 rings (SSSR count). The van der Waals surface area contributed by atoms with E-state index in [2.05, 4.69) is 4.98 Å². The van der Waals surface area contributed by atoms with Gasteiger partial charge in [-0.05, 0) is 24.3 Å². The van der Waals surface area contributed by atoms with E-state index in [4.69, 9.17) is 14.9 Å². The number of H-pyrrole nitrogens is 1. The van der Waals surface area contributed by atoms with E-state index in [0.717, 1.165) is 15.5 Å². The van der Waals surface area contributed by atoms with Gasteiger partial charge in [0.15, 0.2) is 5.58 Å². The Labute approximate surface area is 118 Å². The number of benzene rings is 2. The first kappa shape index (κ1) is 12.7. The summed E-state index contributed by atoms with van der Waals surface area (Å²) in [5, 5.41) is 0. The third-order valence-corrected chi connectivity index (χ3v) is 3.88. The van der Waals surface area contributed by atoms with Crippen molar-refractivity contribution >= 4 is 28.5 Å². The number of rotatable bonds is 3. The van der Waals surface area contributed by atoms with E-state index in [1.54, 1.807) is 19.2 Å². The quantitative estimate of drug-likeness (QED) is 0.724. The van der Waals surface area contributed by atoms with Crippen molar-refractivity contribution < 1.29 is 9.15 Å². The van der Waals surface area contributed by atoms with Crippen LogP contribution in [0.5, 0.6) is 5.75 Å². The second-order valence-corrected chi connectivity index (χ2v) is 5.30. The highest BCUT2D eigenvalue weighted by Gasteiger charge is 2.08. The monoisotopic (exact) mass is 288 g/mol. The van der Waals surface area contributed by atoms with Gasteiger partial charge < -0.3 is 14.9 Å². The lowest BCUT2D eigenvalue weighted by atomic mass is 10.3. The number of methoxy groups -OCH3 is 1. The van der Waals surface area contributed by atoms with Crippen LogP contribution >= 0.6 is 11.8 Å². The molecule has 102 valence electrons. The molecule has 0 aliphatic carbocycles. The molecule has 0 unspecified atom stereocenters. The summed E-state index contributed by atoms with van der Waals surface area (Å²) in [6.45, 7) is 0. The first-order chi connectivity index (χ1) is 9.65. The topological polar surface area (TPSA) is 81.2 Å². The van der Waals surface area contributed by atoms with Gasteiger partial charge in [0, 0.05) is 21.5 Å². The molecule has 5 nitrogen and oxygen atoms in total. The summed E-state index contributed by atoms with van der Waals surface area (Å²) in [5.74, 6) is 0.300. The van der Waals surface area contributed by atoms with Crippen molar-refractivity contribution in [3.05, 3.63) is 46.9 Å². The second-order valence-electron chi connectivity index (χ2n) is 4.18. The van der Waals surface area contributed by atoms with Gasteiger partial charge >= 0.3 is 5.76 Å². The van der Waals surface area contributed by atoms with Crippen LogP contribution in [0.3, 0.4) is 0 Å². The van der Waals surface area contributed by atoms with Gasteiger partial charge in [-0.25, -0.2) is 4.79 Å². The second kappa shape index (κ2) is 4.97. The Hall–Kier alpha value is -2.34. The van der Waals surface area contributed by atoms with Crippen molar-refractivity contribution in [2.45, 2.75) is 9.79 Å². The number of hydrogen-bond donors (Lipinski definition) is 2. The predicted octanol–water partition coefficient (Wildman–Crippen LogP) is 2.86. The molecule has 0 spiro atoms. The highest BCUT2D eigenvalue weighted by atomic mass is 32.2. The van der Waals surface area contributed by atoms with Crippen LogP contribution in [0.1, 0.15) is 0 Å². The number of hydrogen-bond acceptors (Lipinski definition) is 5. The number of nitrogens with one attached hydrogen (secondary N) is 1. The minimum atomic E-state index is -0.483. The first-order valence-electron chi connectivity index (χ1n) is 5.90. The SMILES string of the molecule is COc1cccc(Sc2cc3[nH]c(=O)oc3cc2N)c1. The summed E-state index contributed by atoms with van der Waals surface area (Å²) in [6, 6.07) is 11.1. The minimum absolute atomic E-state index is 0.461. The Kier molecular flexibility index (Phi) is 3.15. The Morgan fingerprint density at radius 2 is 2.15 bits per heavy atom. The molecule has 0 radical (unpaired) electrons. The van der Waals surface area contributed by atoms with Gasteiger partial charge in [0.05, 0.1) is 12.6 Å². The normalized spacial score (nSPS) is 10.8. The van der Waals surface area contributed by atoms with E-state index >= 15 is 0 Å². The summed E-state index contributed by atoms with van der Waals surface area (Å²) in [7, 11) is 1.63. The van der Waals surface area contributed by atoms with E-state index in [1.807, 2.05) is 24.3 Å². The molecule has 1 aromatic heterocycles. The lowest BCUT2D eigenvalue weighted by molar-refractivity contribution is 0.413. The van der Waals surface area contributed by atoms with Crippen LogP contribution in [0.4, 0.5) is 5.69 Å². The molecule has 2 aromatic carbocycles. The van der Waals surface area contributed by atoms with Crippen LogP contribution in [0.25, 0.3) is 11.1 Å². The highest BCUT2D eigenvalue weighted by molar-refractivity contribution is 7.99. The van der Waals surface area contributed by atoms with Crippen molar-refractivity contribution in [1.29, 1.82) is 0 Å². The summed E-state index contributed by atoms with van der Waals surface area (Å²) >= 11 is 1.50. The molecule has 20 heavy (non-hydrogen) atoms. The maximum atomic E-state index is 11.2. The van der Waals surface area contributed by atoms with Crippen molar-refractivity contribution in [3.63, 3.8) is 0 Å². The van der Waals surface area contributed by atoms with Gasteiger partial charge in [0.2, 0.25) is 0 Å². The maximum Gasteiger partial charge on any atom is 0.417 e. The number of aromatic amines is 1. The summed E-state index contributed by atoms with van der Waals surface area (Å²) in [4.78, 5) is 15.6. The van der Waals surface area contributed by atoms with Crippen molar-refractivity contribution in [2.75, 3.05) is 12.8 Å². The van der Waals surface area contributed by atoms with Gasteiger partial charge in [-0.15, -0.1) is 0 Å². The predicted molar refractivity (Wildman–Crippen MR) is 78.4 cm³/mol. The molecule has 0 bridgehead atoms. The molecule has 0 fully saturated rings. The molecule has 3 N–H and O–H groups in total. The van der Waals surface area contributed by atoms with Crippen molar-refractivity contribution in [1.82, 2.24) is 4.98 Å². The number of fused-ring (bicyclic) bond motifs is 1. The van der Waals surface area contributed by atoms with Gasteiger partial charge in [-0.1, -0.05) is 17.8 Å². The van der Waals surface area contributed by atoms with E-state index in [0.29, 0.717) is 16.8 Å². The summed E-state index contributed by atoms with van der Waals surface area (Å²) < 4.78 is 10.2. The molecule has 0 atom stereocenters. The summed E-state index contributed by atoms with van der Waals surface area (Å²) in [5.41, 5.74) is 7.64.